The Morgan fingerprint density at radius 3 is 2.50 bits per heavy atom. The number of benzene rings is 1. The van der Waals surface area contributed by atoms with Crippen LogP contribution in [0.25, 0.3) is 0 Å². The number of carbonyl (C=O) groups excluding carboxylic acids is 1. The van der Waals surface area contributed by atoms with E-state index < -0.39 is 0 Å². The molecular weight excluding hydrogens is 254 g/mol. The number of urea groups is 1. The van der Waals surface area contributed by atoms with Gasteiger partial charge in [-0.1, -0.05) is 12.1 Å². The molecular formula is C15H25N3O2. The van der Waals surface area contributed by atoms with E-state index in [1.54, 1.807) is 6.92 Å². The third kappa shape index (κ3) is 5.93. The lowest BCUT2D eigenvalue weighted by atomic mass is 10.1. The summed E-state index contributed by atoms with van der Waals surface area (Å²) < 4.78 is 0. The van der Waals surface area contributed by atoms with Crippen molar-refractivity contribution in [2.75, 3.05) is 32.1 Å². The summed E-state index contributed by atoms with van der Waals surface area (Å²) in [4.78, 5) is 13.5. The van der Waals surface area contributed by atoms with E-state index >= 15 is 0 Å². The van der Waals surface area contributed by atoms with Crippen LogP contribution in [0.4, 0.5) is 10.5 Å². The Labute approximate surface area is 121 Å². The predicted molar refractivity (Wildman–Crippen MR) is 82.2 cm³/mol. The summed E-state index contributed by atoms with van der Waals surface area (Å²) in [6, 6.07) is 7.98. The van der Waals surface area contributed by atoms with Gasteiger partial charge in [-0.15, -0.1) is 0 Å². The van der Waals surface area contributed by atoms with Crippen molar-refractivity contribution in [3.8, 4) is 0 Å². The second-order valence-corrected chi connectivity index (χ2v) is 5.15. The first kappa shape index (κ1) is 16.3. The maximum Gasteiger partial charge on any atom is 0.315 e. The number of aliphatic hydroxyl groups is 1. The predicted octanol–water partition coefficient (Wildman–Crippen LogP) is 1.37. The zero-order valence-corrected chi connectivity index (χ0v) is 12.5. The molecule has 20 heavy (non-hydrogen) atoms. The summed E-state index contributed by atoms with van der Waals surface area (Å²) in [5.74, 6) is 0. The van der Waals surface area contributed by atoms with Gasteiger partial charge >= 0.3 is 6.03 Å². The molecule has 112 valence electrons. The minimum atomic E-state index is -0.227. The Bertz CT molecular complexity index is 404. The molecule has 3 N–H and O–H groups in total. The van der Waals surface area contributed by atoms with Gasteiger partial charge in [-0.25, -0.2) is 4.79 Å². The number of nitrogens with one attached hydrogen (secondary N) is 2. The maximum absolute atomic E-state index is 11.4. The van der Waals surface area contributed by atoms with E-state index in [9.17, 15) is 4.79 Å². The summed E-state index contributed by atoms with van der Waals surface area (Å²) in [5, 5.41) is 14.2. The van der Waals surface area contributed by atoms with E-state index in [1.807, 2.05) is 14.1 Å². The van der Waals surface area contributed by atoms with Crippen molar-refractivity contribution in [1.29, 1.82) is 0 Å². The molecule has 0 heterocycles. The van der Waals surface area contributed by atoms with Gasteiger partial charge in [0.15, 0.2) is 0 Å². The van der Waals surface area contributed by atoms with Crippen LogP contribution in [-0.4, -0.2) is 44.4 Å². The van der Waals surface area contributed by atoms with E-state index in [2.05, 4.69) is 39.8 Å². The van der Waals surface area contributed by atoms with Crippen LogP contribution in [0.2, 0.25) is 0 Å². The number of rotatable bonds is 7. The van der Waals surface area contributed by atoms with Gasteiger partial charge in [0.1, 0.15) is 0 Å². The first-order chi connectivity index (χ1) is 9.52. The largest absolute Gasteiger partial charge is 0.394 e. The van der Waals surface area contributed by atoms with Gasteiger partial charge < -0.3 is 20.6 Å². The van der Waals surface area contributed by atoms with Gasteiger partial charge in [-0.3, -0.25) is 0 Å². The second kappa shape index (κ2) is 8.43. The minimum absolute atomic E-state index is 0.0500. The molecule has 0 saturated carbocycles. The van der Waals surface area contributed by atoms with Crippen molar-refractivity contribution in [2.24, 2.45) is 0 Å². The number of amides is 2. The van der Waals surface area contributed by atoms with Gasteiger partial charge in [0.2, 0.25) is 0 Å². The molecule has 2 amide bonds. The Morgan fingerprint density at radius 1 is 1.30 bits per heavy atom. The molecule has 0 aliphatic heterocycles. The smallest absolute Gasteiger partial charge is 0.315 e. The number of carbonyl (C=O) groups is 1. The van der Waals surface area contributed by atoms with Crippen LogP contribution in [0.5, 0.6) is 0 Å². The van der Waals surface area contributed by atoms with Crippen molar-refractivity contribution >= 4 is 11.7 Å². The average Bonchev–Trinajstić information content (AvgIpc) is 2.44. The SMILES string of the molecule is CC(CO)NC(=O)NCCCc1ccc(N(C)C)cc1. The van der Waals surface area contributed by atoms with Crippen LogP contribution in [0.3, 0.4) is 0 Å². The number of nitrogens with zero attached hydrogens (tertiary/aromatic N) is 1. The Hall–Kier alpha value is -1.75. The molecule has 1 aromatic rings. The lowest BCUT2D eigenvalue weighted by Crippen LogP contribution is -2.42. The summed E-state index contributed by atoms with van der Waals surface area (Å²) in [7, 11) is 4.04. The fourth-order valence-corrected chi connectivity index (χ4v) is 1.78. The number of aliphatic hydroxyl groups excluding tert-OH is 1. The molecule has 0 fully saturated rings. The Kier molecular flexibility index (Phi) is 6.87. The highest BCUT2D eigenvalue weighted by Gasteiger charge is 2.04. The topological polar surface area (TPSA) is 64.6 Å². The van der Waals surface area contributed by atoms with Gasteiger partial charge in [-0.05, 0) is 37.5 Å². The van der Waals surface area contributed by atoms with E-state index in [1.165, 1.54) is 11.3 Å². The normalized spacial score (nSPS) is 11.8. The van der Waals surface area contributed by atoms with Crippen LogP contribution in [0.15, 0.2) is 24.3 Å². The molecule has 1 atom stereocenters. The zero-order valence-electron chi connectivity index (χ0n) is 12.5. The molecule has 0 aliphatic rings. The fourth-order valence-electron chi connectivity index (χ4n) is 1.78. The van der Waals surface area contributed by atoms with Gasteiger partial charge in [0, 0.05) is 26.3 Å². The maximum atomic E-state index is 11.4. The number of hydrogen-bond donors (Lipinski definition) is 3. The fraction of sp³-hybridized carbons (Fsp3) is 0.533. The van der Waals surface area contributed by atoms with E-state index in [-0.39, 0.29) is 18.7 Å². The van der Waals surface area contributed by atoms with Crippen LogP contribution in [0, 0.1) is 0 Å². The number of aryl methyl sites for hydroxylation is 1. The number of hydrogen-bond acceptors (Lipinski definition) is 3. The van der Waals surface area contributed by atoms with Crippen molar-refractivity contribution in [1.82, 2.24) is 10.6 Å². The first-order valence-electron chi connectivity index (χ1n) is 6.94. The summed E-state index contributed by atoms with van der Waals surface area (Å²) >= 11 is 0. The summed E-state index contributed by atoms with van der Waals surface area (Å²) in [5.41, 5.74) is 2.45. The highest BCUT2D eigenvalue weighted by Crippen LogP contribution is 2.13. The molecule has 0 radical (unpaired) electrons. The molecule has 0 saturated heterocycles. The monoisotopic (exact) mass is 279 g/mol. The average molecular weight is 279 g/mol. The third-order valence-electron chi connectivity index (χ3n) is 3.03. The second-order valence-electron chi connectivity index (χ2n) is 5.15. The summed E-state index contributed by atoms with van der Waals surface area (Å²) in [6.45, 7) is 2.33. The lowest BCUT2D eigenvalue weighted by Gasteiger charge is -2.13. The van der Waals surface area contributed by atoms with Crippen LogP contribution in [-0.2, 0) is 6.42 Å². The van der Waals surface area contributed by atoms with Crippen molar-refractivity contribution in [3.63, 3.8) is 0 Å². The molecule has 0 aromatic heterocycles. The highest BCUT2D eigenvalue weighted by atomic mass is 16.3. The molecule has 5 heteroatoms. The quantitative estimate of drug-likeness (QED) is 0.660. The molecule has 0 aliphatic carbocycles. The Morgan fingerprint density at radius 2 is 1.95 bits per heavy atom. The standard InChI is InChI=1S/C15H25N3O2/c1-12(11-19)17-15(20)16-10-4-5-13-6-8-14(9-7-13)18(2)3/h6-9,12,19H,4-5,10-11H2,1-3H3,(H2,16,17,20). The number of anilines is 1. The highest BCUT2D eigenvalue weighted by molar-refractivity contribution is 5.74. The van der Waals surface area contributed by atoms with E-state index in [0.717, 1.165) is 12.8 Å². The van der Waals surface area contributed by atoms with Gasteiger partial charge in [0.05, 0.1) is 12.6 Å². The molecule has 1 aromatic carbocycles. The molecule has 5 nitrogen and oxygen atoms in total. The van der Waals surface area contributed by atoms with E-state index in [0.29, 0.717) is 6.54 Å². The van der Waals surface area contributed by atoms with Gasteiger partial charge in [-0.2, -0.15) is 0 Å². The Balaban J connectivity index is 2.22. The minimum Gasteiger partial charge on any atom is -0.394 e. The van der Waals surface area contributed by atoms with Crippen molar-refractivity contribution < 1.29 is 9.90 Å². The molecule has 0 bridgehead atoms. The molecule has 1 rings (SSSR count). The third-order valence-corrected chi connectivity index (χ3v) is 3.03. The lowest BCUT2D eigenvalue weighted by molar-refractivity contribution is 0.220. The van der Waals surface area contributed by atoms with Crippen molar-refractivity contribution in [2.45, 2.75) is 25.8 Å². The first-order valence-corrected chi connectivity index (χ1v) is 6.94. The van der Waals surface area contributed by atoms with Crippen molar-refractivity contribution in [3.05, 3.63) is 29.8 Å². The molecule has 1 unspecified atom stereocenters. The van der Waals surface area contributed by atoms with Crippen LogP contribution >= 0.6 is 0 Å². The van der Waals surface area contributed by atoms with Crippen LogP contribution < -0.4 is 15.5 Å². The molecule has 0 spiro atoms. The zero-order chi connectivity index (χ0) is 15.0. The van der Waals surface area contributed by atoms with Crippen LogP contribution in [0.1, 0.15) is 18.9 Å². The van der Waals surface area contributed by atoms with Gasteiger partial charge in [0.25, 0.3) is 0 Å². The van der Waals surface area contributed by atoms with E-state index in [4.69, 9.17) is 5.11 Å². The summed E-state index contributed by atoms with van der Waals surface area (Å²) in [6.07, 6.45) is 1.83.